The van der Waals surface area contributed by atoms with E-state index in [1.54, 1.807) is 17.7 Å². The lowest BCUT2D eigenvalue weighted by Gasteiger charge is -2.06. The van der Waals surface area contributed by atoms with Crippen LogP contribution in [-0.2, 0) is 11.3 Å². The van der Waals surface area contributed by atoms with Crippen molar-refractivity contribution >= 4 is 11.8 Å². The van der Waals surface area contributed by atoms with Crippen molar-refractivity contribution in [3.63, 3.8) is 0 Å². The van der Waals surface area contributed by atoms with Crippen molar-refractivity contribution in [2.45, 2.75) is 20.4 Å². The number of nitrogens with zero attached hydrogens (tertiary/aromatic N) is 3. The number of aromatic amines is 1. The number of anilines is 1. The molecule has 0 amide bonds. The van der Waals surface area contributed by atoms with Crippen molar-refractivity contribution in [1.29, 1.82) is 0 Å². The number of aryl methyl sites for hydroxylation is 2. The van der Waals surface area contributed by atoms with Crippen LogP contribution in [0.25, 0.3) is 0 Å². The van der Waals surface area contributed by atoms with Gasteiger partial charge in [0.2, 0.25) is 0 Å². The minimum absolute atomic E-state index is 0.149. The van der Waals surface area contributed by atoms with E-state index in [0.29, 0.717) is 18.2 Å². The summed E-state index contributed by atoms with van der Waals surface area (Å²) in [6.45, 7) is 4.23. The Morgan fingerprint density at radius 3 is 2.83 bits per heavy atom. The third-order valence-electron chi connectivity index (χ3n) is 2.84. The van der Waals surface area contributed by atoms with E-state index in [1.807, 2.05) is 6.92 Å². The van der Waals surface area contributed by atoms with Gasteiger partial charge in [-0.05, 0) is 13.8 Å². The van der Waals surface area contributed by atoms with Crippen LogP contribution in [0, 0.1) is 13.8 Å². The van der Waals surface area contributed by atoms with E-state index in [1.165, 1.54) is 7.11 Å². The number of hydrogen-bond acceptors (Lipinski definition) is 5. The van der Waals surface area contributed by atoms with E-state index < -0.39 is 5.97 Å². The quantitative estimate of drug-likeness (QED) is 0.778. The second kappa shape index (κ2) is 4.52. The minimum Gasteiger partial charge on any atom is -0.464 e. The number of H-pyrrole nitrogens is 1. The molecule has 0 radical (unpaired) electrons. The summed E-state index contributed by atoms with van der Waals surface area (Å²) >= 11 is 0. The van der Waals surface area contributed by atoms with E-state index in [9.17, 15) is 4.79 Å². The molecule has 0 spiro atoms. The number of esters is 1. The average molecular weight is 249 g/mol. The number of nitrogens with one attached hydrogen (secondary N) is 1. The highest BCUT2D eigenvalue weighted by Crippen LogP contribution is 2.17. The second-order valence-electron chi connectivity index (χ2n) is 3.99. The van der Waals surface area contributed by atoms with Gasteiger partial charge in [0.1, 0.15) is 11.6 Å². The van der Waals surface area contributed by atoms with Crippen LogP contribution in [0.4, 0.5) is 5.82 Å². The first-order chi connectivity index (χ1) is 8.54. The third-order valence-corrected chi connectivity index (χ3v) is 2.84. The number of carbonyl (C=O) groups excluding carboxylic acids is 1. The molecule has 0 aromatic carbocycles. The van der Waals surface area contributed by atoms with Crippen molar-refractivity contribution in [3.05, 3.63) is 29.0 Å². The van der Waals surface area contributed by atoms with E-state index >= 15 is 0 Å². The summed E-state index contributed by atoms with van der Waals surface area (Å²) in [6.07, 6.45) is 1.73. The van der Waals surface area contributed by atoms with Gasteiger partial charge in [-0.2, -0.15) is 5.10 Å². The fourth-order valence-electron chi connectivity index (χ4n) is 1.73. The molecule has 0 bridgehead atoms. The third kappa shape index (κ3) is 1.94. The summed E-state index contributed by atoms with van der Waals surface area (Å²) in [5, 5.41) is 6.80. The highest BCUT2D eigenvalue weighted by atomic mass is 16.5. The number of methoxy groups -OCH3 is 1. The zero-order valence-electron chi connectivity index (χ0n) is 10.5. The largest absolute Gasteiger partial charge is 0.464 e. The number of aromatic nitrogens is 4. The standard InChI is InChI=1S/C11H15N5O2/c1-6-8(4-13-15-6)5-16-7(2)14-9(10(16)12)11(17)18-3/h4H,5,12H2,1-3H3,(H,13,15). The van der Waals surface area contributed by atoms with Crippen LogP contribution in [-0.4, -0.2) is 32.8 Å². The molecule has 0 unspecified atom stereocenters. The van der Waals surface area contributed by atoms with Gasteiger partial charge >= 0.3 is 5.97 Å². The fraction of sp³-hybridized carbons (Fsp3) is 0.364. The maximum absolute atomic E-state index is 11.5. The molecule has 0 aliphatic rings. The van der Waals surface area contributed by atoms with E-state index in [4.69, 9.17) is 5.73 Å². The van der Waals surface area contributed by atoms with Gasteiger partial charge < -0.3 is 15.0 Å². The molecule has 7 nitrogen and oxygen atoms in total. The summed E-state index contributed by atoms with van der Waals surface area (Å²) in [7, 11) is 1.30. The molecule has 0 atom stereocenters. The number of ether oxygens (including phenoxy) is 1. The SMILES string of the molecule is COC(=O)c1nc(C)n(Cc2cn[nH]c2C)c1N. The molecule has 0 saturated heterocycles. The molecular weight excluding hydrogens is 234 g/mol. The van der Waals surface area contributed by atoms with Crippen LogP contribution < -0.4 is 5.73 Å². The smallest absolute Gasteiger partial charge is 0.360 e. The monoisotopic (exact) mass is 249 g/mol. The Labute approximate surface area is 104 Å². The Hall–Kier alpha value is -2.31. The normalized spacial score (nSPS) is 10.6. The predicted octanol–water partition coefficient (Wildman–Crippen LogP) is 0.640. The number of imidazole rings is 1. The summed E-state index contributed by atoms with van der Waals surface area (Å²) < 4.78 is 6.39. The van der Waals surface area contributed by atoms with Crippen LogP contribution in [0.1, 0.15) is 27.6 Å². The maximum atomic E-state index is 11.5. The summed E-state index contributed by atoms with van der Waals surface area (Å²) in [6, 6.07) is 0. The molecule has 18 heavy (non-hydrogen) atoms. The lowest BCUT2D eigenvalue weighted by Crippen LogP contribution is -2.09. The Bertz CT molecular complexity index is 584. The number of hydrogen-bond donors (Lipinski definition) is 2. The second-order valence-corrected chi connectivity index (χ2v) is 3.99. The molecular formula is C11H15N5O2. The van der Waals surface area contributed by atoms with E-state index in [0.717, 1.165) is 11.3 Å². The van der Waals surface area contributed by atoms with Crippen molar-refractivity contribution in [3.8, 4) is 0 Å². The first-order valence-electron chi connectivity index (χ1n) is 5.44. The van der Waals surface area contributed by atoms with Gasteiger partial charge in [-0.3, -0.25) is 5.10 Å². The first-order valence-corrected chi connectivity index (χ1v) is 5.44. The molecule has 96 valence electrons. The van der Waals surface area contributed by atoms with Gasteiger partial charge in [-0.1, -0.05) is 0 Å². The molecule has 0 aliphatic carbocycles. The zero-order valence-corrected chi connectivity index (χ0v) is 10.5. The van der Waals surface area contributed by atoms with Gasteiger partial charge in [0.05, 0.1) is 19.9 Å². The van der Waals surface area contributed by atoms with Gasteiger partial charge in [0.15, 0.2) is 5.69 Å². The fourth-order valence-corrected chi connectivity index (χ4v) is 1.73. The van der Waals surface area contributed by atoms with E-state index in [2.05, 4.69) is 19.9 Å². The number of nitrogen functional groups attached to an aromatic ring is 1. The van der Waals surface area contributed by atoms with Gasteiger partial charge in [-0.25, -0.2) is 9.78 Å². The lowest BCUT2D eigenvalue weighted by atomic mass is 10.2. The summed E-state index contributed by atoms with van der Waals surface area (Å²) in [5.74, 6) is 0.437. The minimum atomic E-state index is -0.529. The van der Waals surface area contributed by atoms with Crippen LogP contribution in [0.5, 0.6) is 0 Å². The number of rotatable bonds is 3. The molecule has 2 rings (SSSR count). The average Bonchev–Trinajstić information content (AvgIpc) is 2.87. The predicted molar refractivity (Wildman–Crippen MR) is 65.1 cm³/mol. The molecule has 2 heterocycles. The van der Waals surface area contributed by atoms with Crippen molar-refractivity contribution in [1.82, 2.24) is 19.7 Å². The molecule has 0 fully saturated rings. The van der Waals surface area contributed by atoms with Gasteiger partial charge in [-0.15, -0.1) is 0 Å². The van der Waals surface area contributed by atoms with Crippen LogP contribution >= 0.6 is 0 Å². The zero-order chi connectivity index (χ0) is 13.3. The summed E-state index contributed by atoms with van der Waals surface area (Å²) in [5.41, 5.74) is 8.02. The van der Waals surface area contributed by atoms with Crippen molar-refractivity contribution in [2.24, 2.45) is 0 Å². The molecule has 3 N–H and O–H groups in total. The Morgan fingerprint density at radius 2 is 2.28 bits per heavy atom. The van der Waals surface area contributed by atoms with Crippen LogP contribution in [0.3, 0.4) is 0 Å². The summed E-state index contributed by atoms with van der Waals surface area (Å²) in [4.78, 5) is 15.6. The molecule has 0 aliphatic heterocycles. The molecule has 7 heteroatoms. The molecule has 0 saturated carbocycles. The molecule has 2 aromatic heterocycles. The topological polar surface area (TPSA) is 98.8 Å². The Morgan fingerprint density at radius 1 is 1.56 bits per heavy atom. The van der Waals surface area contributed by atoms with Gasteiger partial charge in [0.25, 0.3) is 0 Å². The maximum Gasteiger partial charge on any atom is 0.360 e. The van der Waals surface area contributed by atoms with Crippen LogP contribution in [0.15, 0.2) is 6.20 Å². The Kier molecular flexibility index (Phi) is 3.05. The number of carbonyl (C=O) groups is 1. The Balaban J connectivity index is 2.37. The number of nitrogens with two attached hydrogens (primary N) is 1. The van der Waals surface area contributed by atoms with E-state index in [-0.39, 0.29) is 5.69 Å². The van der Waals surface area contributed by atoms with Crippen molar-refractivity contribution < 1.29 is 9.53 Å². The highest BCUT2D eigenvalue weighted by molar-refractivity contribution is 5.92. The lowest BCUT2D eigenvalue weighted by molar-refractivity contribution is 0.0595. The van der Waals surface area contributed by atoms with Gasteiger partial charge in [0, 0.05) is 11.3 Å². The van der Waals surface area contributed by atoms with Crippen molar-refractivity contribution in [2.75, 3.05) is 12.8 Å². The van der Waals surface area contributed by atoms with Crippen LogP contribution in [0.2, 0.25) is 0 Å². The molecule has 2 aromatic rings. The first kappa shape index (κ1) is 12.2. The highest BCUT2D eigenvalue weighted by Gasteiger charge is 2.19.